The molecule has 0 aromatic heterocycles. The molecule has 3 rings (SSSR count). The third-order valence-corrected chi connectivity index (χ3v) is 4.81. The van der Waals surface area contributed by atoms with Crippen molar-refractivity contribution in [1.82, 2.24) is 10.2 Å². The molecule has 0 radical (unpaired) electrons. The first-order valence-electron chi connectivity index (χ1n) is 8.22. The van der Waals surface area contributed by atoms with E-state index in [9.17, 15) is 18.0 Å². The number of amides is 1. The largest absolute Gasteiger partial charge is 0.484 e. The fourth-order valence-electron chi connectivity index (χ4n) is 3.46. The lowest BCUT2D eigenvalue weighted by molar-refractivity contribution is -0.153. The van der Waals surface area contributed by atoms with Gasteiger partial charge in [-0.2, -0.15) is 13.2 Å². The van der Waals surface area contributed by atoms with Crippen molar-refractivity contribution in [3.63, 3.8) is 0 Å². The molecule has 25 heavy (non-hydrogen) atoms. The Balaban J connectivity index is 0.00000225. The molecule has 0 unspecified atom stereocenters. The van der Waals surface area contributed by atoms with Crippen LogP contribution < -0.4 is 10.1 Å². The zero-order chi connectivity index (χ0) is 17.2. The van der Waals surface area contributed by atoms with Crippen LogP contribution >= 0.6 is 12.4 Å². The fraction of sp³-hybridized carbons (Fsp3) is 0.588. The van der Waals surface area contributed by atoms with Gasteiger partial charge in [-0.3, -0.25) is 4.79 Å². The monoisotopic (exact) mass is 378 g/mol. The minimum absolute atomic E-state index is 0. The average Bonchev–Trinajstić information content (AvgIpc) is 2.91. The number of nitrogens with zero attached hydrogens (tertiary/aromatic N) is 1. The van der Waals surface area contributed by atoms with Gasteiger partial charge in [0.25, 0.3) is 5.91 Å². The summed E-state index contributed by atoms with van der Waals surface area (Å²) in [5.74, 6) is 1.33. The molecule has 0 spiro atoms. The van der Waals surface area contributed by atoms with Crippen LogP contribution in [0.2, 0.25) is 0 Å². The topological polar surface area (TPSA) is 41.6 Å². The zero-order valence-corrected chi connectivity index (χ0v) is 14.5. The van der Waals surface area contributed by atoms with Gasteiger partial charge in [0.15, 0.2) is 6.61 Å². The van der Waals surface area contributed by atoms with E-state index in [2.05, 4.69) is 10.1 Å². The second-order valence-corrected chi connectivity index (χ2v) is 6.48. The van der Waals surface area contributed by atoms with Crippen molar-refractivity contribution in [3.8, 4) is 5.75 Å². The molecule has 1 aromatic rings. The van der Waals surface area contributed by atoms with E-state index >= 15 is 0 Å². The van der Waals surface area contributed by atoms with Gasteiger partial charge in [-0.05, 0) is 62.0 Å². The van der Waals surface area contributed by atoms with Crippen molar-refractivity contribution in [3.05, 3.63) is 29.8 Å². The maximum atomic E-state index is 12.6. The molecule has 0 saturated carbocycles. The van der Waals surface area contributed by atoms with Gasteiger partial charge in [-0.15, -0.1) is 12.4 Å². The molecule has 0 bridgehead atoms. The van der Waals surface area contributed by atoms with Gasteiger partial charge in [0.1, 0.15) is 5.75 Å². The molecular formula is C17H22ClF3N2O2. The Labute approximate surface area is 151 Å². The Morgan fingerprint density at radius 3 is 2.20 bits per heavy atom. The average molecular weight is 379 g/mol. The van der Waals surface area contributed by atoms with Crippen molar-refractivity contribution >= 4 is 18.3 Å². The number of benzene rings is 1. The van der Waals surface area contributed by atoms with Crippen LogP contribution in [0.15, 0.2) is 24.3 Å². The van der Waals surface area contributed by atoms with Gasteiger partial charge in [0.05, 0.1) is 0 Å². The standard InChI is InChI=1S/C17H21F3N2O2.ClH/c18-17(19,20)11-24-15-3-1-12(2-4-15)16(23)22-7-5-13-9-21-10-14(13)6-8-22;/h1-4,13-14,21H,5-11H2;1H/t13-,14+;. The van der Waals surface area contributed by atoms with Crippen molar-refractivity contribution in [1.29, 1.82) is 0 Å². The molecule has 1 N–H and O–H groups in total. The number of alkyl halides is 3. The number of nitrogens with one attached hydrogen (secondary N) is 1. The maximum absolute atomic E-state index is 12.6. The van der Waals surface area contributed by atoms with Crippen molar-refractivity contribution in [2.75, 3.05) is 32.8 Å². The number of fused-ring (bicyclic) bond motifs is 1. The van der Waals surface area contributed by atoms with Crippen LogP contribution in [-0.4, -0.2) is 49.8 Å². The van der Waals surface area contributed by atoms with Crippen molar-refractivity contribution in [2.24, 2.45) is 11.8 Å². The summed E-state index contributed by atoms with van der Waals surface area (Å²) in [6.07, 6.45) is -2.38. The molecule has 8 heteroatoms. The molecule has 2 heterocycles. The highest BCUT2D eigenvalue weighted by atomic mass is 35.5. The first-order valence-corrected chi connectivity index (χ1v) is 8.22. The first kappa shape index (κ1) is 19.8. The summed E-state index contributed by atoms with van der Waals surface area (Å²) in [6, 6.07) is 5.88. The van der Waals surface area contributed by atoms with Crippen LogP contribution in [-0.2, 0) is 0 Å². The molecule has 2 fully saturated rings. The molecule has 2 atom stereocenters. The lowest BCUT2D eigenvalue weighted by Crippen LogP contribution is -2.32. The van der Waals surface area contributed by atoms with Crippen molar-refractivity contribution < 1.29 is 22.7 Å². The van der Waals surface area contributed by atoms with E-state index in [0.717, 1.165) is 39.0 Å². The lowest BCUT2D eigenvalue weighted by Gasteiger charge is -2.21. The van der Waals surface area contributed by atoms with Gasteiger partial charge in [0.2, 0.25) is 0 Å². The zero-order valence-electron chi connectivity index (χ0n) is 13.7. The third kappa shape index (κ3) is 5.25. The summed E-state index contributed by atoms with van der Waals surface area (Å²) in [6.45, 7) is 2.18. The van der Waals surface area contributed by atoms with E-state index in [0.29, 0.717) is 17.4 Å². The van der Waals surface area contributed by atoms with E-state index in [1.807, 2.05) is 4.90 Å². The summed E-state index contributed by atoms with van der Waals surface area (Å²) < 4.78 is 41.1. The minimum atomic E-state index is -4.37. The minimum Gasteiger partial charge on any atom is -0.484 e. The van der Waals surface area contributed by atoms with Gasteiger partial charge in [-0.25, -0.2) is 0 Å². The lowest BCUT2D eigenvalue weighted by atomic mass is 9.92. The van der Waals surface area contributed by atoms with Crippen LogP contribution in [0.5, 0.6) is 5.75 Å². The second kappa shape index (κ2) is 8.27. The van der Waals surface area contributed by atoms with Gasteiger partial charge in [-0.1, -0.05) is 0 Å². The first-order chi connectivity index (χ1) is 11.4. The molecule has 2 aliphatic rings. The van der Waals surface area contributed by atoms with E-state index in [1.165, 1.54) is 24.3 Å². The van der Waals surface area contributed by atoms with E-state index in [4.69, 9.17) is 0 Å². The number of halogens is 4. The van der Waals surface area contributed by atoms with Crippen molar-refractivity contribution in [2.45, 2.75) is 19.0 Å². The van der Waals surface area contributed by atoms with Crippen LogP contribution in [0.4, 0.5) is 13.2 Å². The predicted octanol–water partition coefficient (Wildman–Crippen LogP) is 3.12. The number of carbonyl (C=O) groups is 1. The second-order valence-electron chi connectivity index (χ2n) is 6.48. The Morgan fingerprint density at radius 1 is 1.12 bits per heavy atom. The predicted molar refractivity (Wildman–Crippen MR) is 90.2 cm³/mol. The molecule has 4 nitrogen and oxygen atoms in total. The highest BCUT2D eigenvalue weighted by molar-refractivity contribution is 5.94. The molecule has 2 aliphatic heterocycles. The van der Waals surface area contributed by atoms with E-state index in [-0.39, 0.29) is 24.1 Å². The molecule has 1 amide bonds. The number of hydrogen-bond donors (Lipinski definition) is 1. The maximum Gasteiger partial charge on any atom is 0.422 e. The number of ether oxygens (including phenoxy) is 1. The molecule has 2 saturated heterocycles. The fourth-order valence-corrected chi connectivity index (χ4v) is 3.46. The Morgan fingerprint density at radius 2 is 1.68 bits per heavy atom. The highest BCUT2D eigenvalue weighted by Crippen LogP contribution is 2.28. The summed E-state index contributed by atoms with van der Waals surface area (Å²) in [4.78, 5) is 14.4. The summed E-state index contributed by atoms with van der Waals surface area (Å²) >= 11 is 0. The van der Waals surface area contributed by atoms with Crippen LogP contribution in [0, 0.1) is 11.8 Å². The van der Waals surface area contributed by atoms with E-state index in [1.54, 1.807) is 0 Å². The van der Waals surface area contributed by atoms with Crippen LogP contribution in [0.25, 0.3) is 0 Å². The highest BCUT2D eigenvalue weighted by Gasteiger charge is 2.32. The third-order valence-electron chi connectivity index (χ3n) is 4.81. The Hall–Kier alpha value is -1.47. The van der Waals surface area contributed by atoms with Crippen LogP contribution in [0.1, 0.15) is 23.2 Å². The van der Waals surface area contributed by atoms with Gasteiger partial charge in [0, 0.05) is 18.7 Å². The summed E-state index contributed by atoms with van der Waals surface area (Å²) in [5, 5.41) is 3.40. The Kier molecular flexibility index (Phi) is 6.57. The SMILES string of the molecule is Cl.O=C(c1ccc(OCC(F)(F)F)cc1)N1CC[C@@H]2CNC[C@@H]2CC1. The Bertz CT molecular complexity index is 566. The number of rotatable bonds is 3. The normalized spacial score (nSPS) is 23.4. The van der Waals surface area contributed by atoms with Gasteiger partial charge < -0.3 is 15.0 Å². The van der Waals surface area contributed by atoms with Gasteiger partial charge >= 0.3 is 6.18 Å². The molecule has 1 aromatic carbocycles. The molecule has 0 aliphatic carbocycles. The number of hydrogen-bond acceptors (Lipinski definition) is 3. The molecular weight excluding hydrogens is 357 g/mol. The van der Waals surface area contributed by atoms with Crippen LogP contribution in [0.3, 0.4) is 0 Å². The number of likely N-dealkylation sites (tertiary alicyclic amines) is 1. The number of carbonyl (C=O) groups excluding carboxylic acids is 1. The summed E-state index contributed by atoms with van der Waals surface area (Å²) in [7, 11) is 0. The smallest absolute Gasteiger partial charge is 0.422 e. The summed E-state index contributed by atoms with van der Waals surface area (Å²) in [5.41, 5.74) is 0.486. The quantitative estimate of drug-likeness (QED) is 0.878. The molecule has 140 valence electrons. The van der Waals surface area contributed by atoms with E-state index < -0.39 is 12.8 Å².